The van der Waals surface area contributed by atoms with Crippen LogP contribution in [0.15, 0.2) is 17.4 Å². The molecule has 0 aromatic carbocycles. The summed E-state index contributed by atoms with van der Waals surface area (Å²) in [6, 6.07) is -0.524. The minimum Gasteiger partial charge on any atom is -0.383 e. The number of methoxy groups -OCH3 is 1. The van der Waals surface area contributed by atoms with Gasteiger partial charge in [0.1, 0.15) is 11.2 Å². The van der Waals surface area contributed by atoms with Crippen LogP contribution in [-0.2, 0) is 27.8 Å². The zero-order valence-electron chi connectivity index (χ0n) is 13.7. The van der Waals surface area contributed by atoms with E-state index in [1.165, 1.54) is 6.20 Å². The van der Waals surface area contributed by atoms with Crippen molar-refractivity contribution in [3.8, 4) is 0 Å². The molecule has 128 valence electrons. The molecule has 10 heteroatoms. The first kappa shape index (κ1) is 17.6. The standard InChI is InChI=1S/C13H22N6O3S/c1-5-19-8-12(10(2)16-19)23(20,21)17-11(3)13-15-14-9-18(13)6-7-22-4/h8-9,11,17H,5-7H2,1-4H3/t11-/m0/s1. The van der Waals surface area contributed by atoms with Crippen molar-refractivity contribution >= 4 is 10.0 Å². The van der Waals surface area contributed by atoms with Crippen LogP contribution in [0.3, 0.4) is 0 Å². The largest absolute Gasteiger partial charge is 0.383 e. The normalized spacial score (nSPS) is 13.4. The Morgan fingerprint density at radius 1 is 1.43 bits per heavy atom. The third kappa shape index (κ3) is 3.95. The Morgan fingerprint density at radius 2 is 2.17 bits per heavy atom. The van der Waals surface area contributed by atoms with Crippen molar-refractivity contribution in [1.82, 2.24) is 29.3 Å². The Hall–Kier alpha value is -1.78. The number of hydrogen-bond donors (Lipinski definition) is 1. The number of ether oxygens (including phenoxy) is 1. The SMILES string of the molecule is CCn1cc(S(=O)(=O)N[C@@H](C)c2nncn2CCOC)c(C)n1. The van der Waals surface area contributed by atoms with Crippen LogP contribution in [0, 0.1) is 6.92 Å². The van der Waals surface area contributed by atoms with Crippen LogP contribution in [0.2, 0.25) is 0 Å². The molecule has 2 aromatic heterocycles. The van der Waals surface area contributed by atoms with Crippen molar-refractivity contribution in [3.63, 3.8) is 0 Å². The van der Waals surface area contributed by atoms with Crippen LogP contribution in [0.4, 0.5) is 0 Å². The highest BCUT2D eigenvalue weighted by Crippen LogP contribution is 2.17. The summed E-state index contributed by atoms with van der Waals surface area (Å²) in [5.41, 5.74) is 0.465. The van der Waals surface area contributed by atoms with E-state index in [-0.39, 0.29) is 4.90 Å². The summed E-state index contributed by atoms with van der Waals surface area (Å²) in [6.45, 7) is 6.95. The van der Waals surface area contributed by atoms with Crippen molar-refractivity contribution in [2.45, 2.75) is 44.8 Å². The van der Waals surface area contributed by atoms with Crippen molar-refractivity contribution in [2.75, 3.05) is 13.7 Å². The minimum atomic E-state index is -3.69. The molecule has 0 saturated heterocycles. The lowest BCUT2D eigenvalue weighted by Crippen LogP contribution is -2.29. The second kappa shape index (κ2) is 7.20. The second-order valence-corrected chi connectivity index (χ2v) is 6.84. The van der Waals surface area contributed by atoms with E-state index in [1.807, 2.05) is 6.92 Å². The number of aryl methyl sites for hydroxylation is 2. The first-order valence-corrected chi connectivity index (χ1v) is 8.80. The van der Waals surface area contributed by atoms with Gasteiger partial charge in [0.2, 0.25) is 10.0 Å². The first-order valence-electron chi connectivity index (χ1n) is 7.32. The van der Waals surface area contributed by atoms with Gasteiger partial charge in [0.25, 0.3) is 0 Å². The Morgan fingerprint density at radius 3 is 2.78 bits per heavy atom. The fraction of sp³-hybridized carbons (Fsp3) is 0.615. The summed E-state index contributed by atoms with van der Waals surface area (Å²) in [7, 11) is -2.09. The molecule has 0 aliphatic carbocycles. The molecule has 0 aliphatic rings. The monoisotopic (exact) mass is 342 g/mol. The molecular formula is C13H22N6O3S. The van der Waals surface area contributed by atoms with Crippen LogP contribution < -0.4 is 4.72 Å². The summed E-state index contributed by atoms with van der Waals surface area (Å²) < 4.78 is 36.1. The van der Waals surface area contributed by atoms with Gasteiger partial charge in [-0.15, -0.1) is 10.2 Å². The van der Waals surface area contributed by atoms with Gasteiger partial charge in [-0.25, -0.2) is 13.1 Å². The maximum atomic E-state index is 12.6. The molecule has 0 saturated carbocycles. The maximum absolute atomic E-state index is 12.6. The Labute approximate surface area is 135 Å². The average molecular weight is 342 g/mol. The van der Waals surface area contributed by atoms with Crippen molar-refractivity contribution in [3.05, 3.63) is 24.0 Å². The summed E-state index contributed by atoms with van der Waals surface area (Å²) in [4.78, 5) is 0.175. The summed E-state index contributed by atoms with van der Waals surface area (Å²) in [5.74, 6) is 0.533. The molecule has 0 amide bonds. The van der Waals surface area contributed by atoms with Crippen LogP contribution in [-0.4, -0.2) is 46.7 Å². The van der Waals surface area contributed by atoms with Crippen LogP contribution in [0.25, 0.3) is 0 Å². The highest BCUT2D eigenvalue weighted by molar-refractivity contribution is 7.89. The average Bonchev–Trinajstić information content (AvgIpc) is 3.10. The van der Waals surface area contributed by atoms with Gasteiger partial charge in [0, 0.05) is 26.4 Å². The molecule has 0 fully saturated rings. The van der Waals surface area contributed by atoms with E-state index in [1.54, 1.807) is 36.5 Å². The fourth-order valence-electron chi connectivity index (χ4n) is 2.24. The Kier molecular flexibility index (Phi) is 5.50. The van der Waals surface area contributed by atoms with E-state index in [9.17, 15) is 8.42 Å². The molecule has 2 aromatic rings. The molecule has 0 unspecified atom stereocenters. The molecule has 0 bridgehead atoms. The molecule has 23 heavy (non-hydrogen) atoms. The Balaban J connectivity index is 2.20. The number of nitrogens with zero attached hydrogens (tertiary/aromatic N) is 5. The molecule has 2 heterocycles. The molecule has 9 nitrogen and oxygen atoms in total. The van der Waals surface area contributed by atoms with Gasteiger partial charge in [-0.2, -0.15) is 5.10 Å². The molecule has 2 rings (SSSR count). The topological polar surface area (TPSA) is 104 Å². The molecular weight excluding hydrogens is 320 g/mol. The van der Waals surface area contributed by atoms with Crippen LogP contribution >= 0.6 is 0 Å². The van der Waals surface area contributed by atoms with E-state index in [0.29, 0.717) is 31.2 Å². The lowest BCUT2D eigenvalue weighted by Gasteiger charge is -2.14. The summed E-state index contributed by atoms with van der Waals surface area (Å²) >= 11 is 0. The van der Waals surface area contributed by atoms with Crippen molar-refractivity contribution in [2.24, 2.45) is 0 Å². The van der Waals surface area contributed by atoms with Gasteiger partial charge in [0.05, 0.1) is 18.3 Å². The molecule has 0 spiro atoms. The number of nitrogens with one attached hydrogen (secondary N) is 1. The number of hydrogen-bond acceptors (Lipinski definition) is 6. The predicted octanol–water partition coefficient (Wildman–Crippen LogP) is 0.489. The van der Waals surface area contributed by atoms with E-state index < -0.39 is 16.1 Å². The predicted molar refractivity (Wildman–Crippen MR) is 83.3 cm³/mol. The second-order valence-electron chi connectivity index (χ2n) is 5.15. The van der Waals surface area contributed by atoms with Gasteiger partial charge >= 0.3 is 0 Å². The fourth-order valence-corrected chi connectivity index (χ4v) is 3.62. The van der Waals surface area contributed by atoms with E-state index >= 15 is 0 Å². The van der Waals surface area contributed by atoms with Crippen LogP contribution in [0.1, 0.15) is 31.4 Å². The third-order valence-electron chi connectivity index (χ3n) is 3.42. The van der Waals surface area contributed by atoms with Gasteiger partial charge in [0.15, 0.2) is 5.82 Å². The molecule has 0 radical (unpaired) electrons. The van der Waals surface area contributed by atoms with E-state index in [2.05, 4.69) is 20.0 Å². The van der Waals surface area contributed by atoms with Crippen molar-refractivity contribution < 1.29 is 13.2 Å². The third-order valence-corrected chi connectivity index (χ3v) is 5.06. The number of rotatable bonds is 8. The first-order chi connectivity index (χ1) is 10.9. The highest BCUT2D eigenvalue weighted by atomic mass is 32.2. The maximum Gasteiger partial charge on any atom is 0.244 e. The minimum absolute atomic E-state index is 0.175. The molecule has 1 N–H and O–H groups in total. The van der Waals surface area contributed by atoms with Gasteiger partial charge in [-0.1, -0.05) is 0 Å². The quantitative estimate of drug-likeness (QED) is 0.749. The van der Waals surface area contributed by atoms with Gasteiger partial charge < -0.3 is 9.30 Å². The zero-order valence-corrected chi connectivity index (χ0v) is 14.5. The Bertz CT molecular complexity index is 752. The van der Waals surface area contributed by atoms with Crippen molar-refractivity contribution in [1.29, 1.82) is 0 Å². The summed E-state index contributed by atoms with van der Waals surface area (Å²) in [5, 5.41) is 12.0. The van der Waals surface area contributed by atoms with Gasteiger partial charge in [-0.3, -0.25) is 4.68 Å². The van der Waals surface area contributed by atoms with Crippen LogP contribution in [0.5, 0.6) is 0 Å². The lowest BCUT2D eigenvalue weighted by molar-refractivity contribution is 0.185. The smallest absolute Gasteiger partial charge is 0.244 e. The zero-order chi connectivity index (χ0) is 17.0. The summed E-state index contributed by atoms with van der Waals surface area (Å²) in [6.07, 6.45) is 3.08. The van der Waals surface area contributed by atoms with E-state index in [4.69, 9.17) is 4.74 Å². The number of aromatic nitrogens is 5. The molecule has 1 atom stereocenters. The highest BCUT2D eigenvalue weighted by Gasteiger charge is 2.25. The lowest BCUT2D eigenvalue weighted by atomic mass is 10.3. The van der Waals surface area contributed by atoms with E-state index in [0.717, 1.165) is 0 Å². The number of sulfonamides is 1. The molecule has 0 aliphatic heterocycles. The van der Waals surface area contributed by atoms with Gasteiger partial charge in [-0.05, 0) is 20.8 Å².